The molecular formula is C10H12N2O6. The summed E-state index contributed by atoms with van der Waals surface area (Å²) in [5.74, 6) is -1.45. The molecular weight excluding hydrogens is 244 g/mol. The molecule has 3 amide bonds. The van der Waals surface area contributed by atoms with Crippen LogP contribution in [0.15, 0.2) is 12.0 Å². The topological polar surface area (TPSA) is 94.2 Å². The fourth-order valence-corrected chi connectivity index (χ4v) is 1.46. The van der Waals surface area contributed by atoms with E-state index in [0.717, 1.165) is 11.2 Å². The van der Waals surface area contributed by atoms with Gasteiger partial charge in [-0.2, -0.15) is 0 Å². The summed E-state index contributed by atoms with van der Waals surface area (Å²) in [4.78, 5) is 35.1. The van der Waals surface area contributed by atoms with Crippen LogP contribution in [0.2, 0.25) is 0 Å². The van der Waals surface area contributed by atoms with Crippen LogP contribution in [0.1, 0.15) is 0 Å². The lowest BCUT2D eigenvalue weighted by atomic mass is 10.5. The zero-order chi connectivity index (χ0) is 13.0. The maximum atomic E-state index is 11.5. The average molecular weight is 256 g/mol. The van der Waals surface area contributed by atoms with Crippen molar-refractivity contribution < 1.29 is 28.6 Å². The first-order chi connectivity index (χ1) is 8.68. The number of nitrogens with one attached hydrogen (secondary N) is 1. The number of urea groups is 1. The number of nitrogens with zero attached hydrogens (tertiary/aromatic N) is 1. The van der Waals surface area contributed by atoms with Gasteiger partial charge >= 0.3 is 12.0 Å². The zero-order valence-corrected chi connectivity index (χ0v) is 9.51. The molecule has 8 heteroatoms. The van der Waals surface area contributed by atoms with Crippen molar-refractivity contribution in [3.8, 4) is 0 Å². The first kappa shape index (κ1) is 12.2. The molecule has 0 radical (unpaired) electrons. The highest BCUT2D eigenvalue weighted by molar-refractivity contribution is 5.97. The number of carbonyl (C=O) groups is 3. The second-order valence-corrected chi connectivity index (χ2v) is 3.55. The van der Waals surface area contributed by atoms with Gasteiger partial charge in [-0.25, -0.2) is 9.59 Å². The van der Waals surface area contributed by atoms with Gasteiger partial charge < -0.3 is 19.5 Å². The number of hydrogen-bond acceptors (Lipinski definition) is 6. The quantitative estimate of drug-likeness (QED) is 0.649. The summed E-state index contributed by atoms with van der Waals surface area (Å²) < 4.78 is 14.6. The van der Waals surface area contributed by atoms with Crippen LogP contribution in [-0.4, -0.2) is 55.7 Å². The molecule has 0 saturated carbocycles. The molecule has 0 atom stereocenters. The summed E-state index contributed by atoms with van der Waals surface area (Å²) in [6.07, 6.45) is 1.14. The van der Waals surface area contributed by atoms with E-state index in [1.165, 1.54) is 0 Å². The lowest BCUT2D eigenvalue weighted by Crippen LogP contribution is -2.37. The Balaban J connectivity index is 1.80. The van der Waals surface area contributed by atoms with Crippen molar-refractivity contribution in [2.75, 3.05) is 32.9 Å². The third-order valence-corrected chi connectivity index (χ3v) is 2.33. The monoisotopic (exact) mass is 256 g/mol. The van der Waals surface area contributed by atoms with E-state index in [0.29, 0.717) is 13.2 Å². The third kappa shape index (κ3) is 2.70. The maximum Gasteiger partial charge on any atom is 0.377 e. The van der Waals surface area contributed by atoms with Crippen LogP contribution in [0, 0.1) is 0 Å². The Morgan fingerprint density at radius 3 is 2.89 bits per heavy atom. The molecule has 0 spiro atoms. The third-order valence-electron chi connectivity index (χ3n) is 2.33. The molecule has 0 aromatic carbocycles. The first-order valence-electron chi connectivity index (χ1n) is 5.38. The van der Waals surface area contributed by atoms with Crippen molar-refractivity contribution in [3.05, 3.63) is 12.0 Å². The highest BCUT2D eigenvalue weighted by Crippen LogP contribution is 2.06. The van der Waals surface area contributed by atoms with Gasteiger partial charge in [0.05, 0.1) is 0 Å². The Bertz CT molecular complexity index is 405. The van der Waals surface area contributed by atoms with Crippen LogP contribution in [-0.2, 0) is 23.8 Å². The summed E-state index contributed by atoms with van der Waals surface area (Å²) in [5.41, 5.74) is 0. The van der Waals surface area contributed by atoms with E-state index in [-0.39, 0.29) is 18.9 Å². The van der Waals surface area contributed by atoms with Crippen molar-refractivity contribution in [3.63, 3.8) is 0 Å². The minimum absolute atomic E-state index is 0.0834. The van der Waals surface area contributed by atoms with E-state index < -0.39 is 24.5 Å². The van der Waals surface area contributed by atoms with Crippen LogP contribution in [0.25, 0.3) is 0 Å². The standard InChI is InChI=1S/C10H12N2O6/c13-8(12-2-1-11-10(12)15)6-18-9(14)7-5-16-3-4-17-7/h5H,1-4,6H2,(H,11,15). The van der Waals surface area contributed by atoms with Gasteiger partial charge in [-0.3, -0.25) is 9.69 Å². The molecule has 2 rings (SSSR count). The molecule has 2 heterocycles. The SMILES string of the molecule is O=C(OCC(=O)N1CCNC1=O)C1=COCCO1. The van der Waals surface area contributed by atoms with Crippen molar-refractivity contribution >= 4 is 17.9 Å². The minimum atomic E-state index is -0.789. The predicted octanol–water partition coefficient (Wildman–Crippen LogP) is -1.03. The molecule has 1 saturated heterocycles. The largest absolute Gasteiger partial charge is 0.493 e. The molecule has 0 aromatic heterocycles. The zero-order valence-electron chi connectivity index (χ0n) is 9.51. The molecule has 1 N–H and O–H groups in total. The lowest BCUT2D eigenvalue weighted by Gasteiger charge is -2.15. The van der Waals surface area contributed by atoms with E-state index in [2.05, 4.69) is 5.32 Å². The van der Waals surface area contributed by atoms with Crippen molar-refractivity contribution in [1.82, 2.24) is 10.2 Å². The van der Waals surface area contributed by atoms with Gasteiger partial charge in [0, 0.05) is 13.1 Å². The lowest BCUT2D eigenvalue weighted by molar-refractivity contribution is -0.151. The number of ether oxygens (including phenoxy) is 3. The van der Waals surface area contributed by atoms with Gasteiger partial charge in [0.25, 0.3) is 5.91 Å². The molecule has 0 bridgehead atoms. The van der Waals surface area contributed by atoms with E-state index in [9.17, 15) is 14.4 Å². The number of imide groups is 1. The van der Waals surface area contributed by atoms with Crippen molar-refractivity contribution in [2.24, 2.45) is 0 Å². The van der Waals surface area contributed by atoms with Crippen LogP contribution < -0.4 is 5.32 Å². The Morgan fingerprint density at radius 1 is 1.44 bits per heavy atom. The van der Waals surface area contributed by atoms with Gasteiger partial charge in [-0.15, -0.1) is 0 Å². The number of hydrogen-bond donors (Lipinski definition) is 1. The maximum absolute atomic E-state index is 11.5. The molecule has 18 heavy (non-hydrogen) atoms. The van der Waals surface area contributed by atoms with Crippen LogP contribution in [0.4, 0.5) is 4.79 Å². The highest BCUT2D eigenvalue weighted by atomic mass is 16.6. The smallest absolute Gasteiger partial charge is 0.377 e. The van der Waals surface area contributed by atoms with Gasteiger partial charge in [0.2, 0.25) is 5.76 Å². The number of esters is 1. The normalized spacial score (nSPS) is 18.3. The Kier molecular flexibility index (Phi) is 3.66. The van der Waals surface area contributed by atoms with Crippen LogP contribution in [0.3, 0.4) is 0 Å². The molecule has 8 nitrogen and oxygen atoms in total. The first-order valence-corrected chi connectivity index (χ1v) is 5.38. The minimum Gasteiger partial charge on any atom is -0.493 e. The molecule has 0 aliphatic carbocycles. The number of carbonyl (C=O) groups excluding carboxylic acids is 3. The molecule has 2 aliphatic rings. The Morgan fingerprint density at radius 2 is 2.28 bits per heavy atom. The van der Waals surface area contributed by atoms with Gasteiger partial charge in [-0.1, -0.05) is 0 Å². The summed E-state index contributed by atoms with van der Waals surface area (Å²) in [6, 6.07) is -0.479. The second-order valence-electron chi connectivity index (χ2n) is 3.55. The van der Waals surface area contributed by atoms with Crippen LogP contribution >= 0.6 is 0 Å². The van der Waals surface area contributed by atoms with Crippen molar-refractivity contribution in [2.45, 2.75) is 0 Å². The Labute approximate surface area is 102 Å². The molecule has 98 valence electrons. The van der Waals surface area contributed by atoms with E-state index in [1.54, 1.807) is 0 Å². The van der Waals surface area contributed by atoms with Crippen molar-refractivity contribution in [1.29, 1.82) is 0 Å². The second kappa shape index (κ2) is 5.39. The number of amides is 3. The van der Waals surface area contributed by atoms with Gasteiger partial charge in [-0.05, 0) is 0 Å². The summed E-state index contributed by atoms with van der Waals surface area (Å²) in [7, 11) is 0. The summed E-state index contributed by atoms with van der Waals surface area (Å²) in [5, 5.41) is 2.47. The Hall–Kier alpha value is -2.25. The summed E-state index contributed by atoms with van der Waals surface area (Å²) in [6.45, 7) is 0.790. The molecule has 2 aliphatic heterocycles. The van der Waals surface area contributed by atoms with E-state index >= 15 is 0 Å². The van der Waals surface area contributed by atoms with E-state index in [1.807, 2.05) is 0 Å². The van der Waals surface area contributed by atoms with Crippen LogP contribution in [0.5, 0.6) is 0 Å². The predicted molar refractivity (Wildman–Crippen MR) is 56.1 cm³/mol. The highest BCUT2D eigenvalue weighted by Gasteiger charge is 2.27. The van der Waals surface area contributed by atoms with E-state index in [4.69, 9.17) is 14.2 Å². The molecule has 0 unspecified atom stereocenters. The van der Waals surface area contributed by atoms with Gasteiger partial charge in [0.15, 0.2) is 6.61 Å². The fourth-order valence-electron chi connectivity index (χ4n) is 1.46. The summed E-state index contributed by atoms with van der Waals surface area (Å²) >= 11 is 0. The molecule has 0 aromatic rings. The van der Waals surface area contributed by atoms with Gasteiger partial charge in [0.1, 0.15) is 19.5 Å². The average Bonchev–Trinajstić information content (AvgIpc) is 2.83. The fraction of sp³-hybridized carbons (Fsp3) is 0.500. The molecule has 1 fully saturated rings. The number of rotatable bonds is 3.